The van der Waals surface area contributed by atoms with E-state index in [1.807, 2.05) is 48.5 Å². The van der Waals surface area contributed by atoms with Gasteiger partial charge in [0.2, 0.25) is 0 Å². The predicted molar refractivity (Wildman–Crippen MR) is 105 cm³/mol. The van der Waals surface area contributed by atoms with Crippen LogP contribution in [0.5, 0.6) is 0 Å². The fourth-order valence-electron chi connectivity index (χ4n) is 3.73. The Labute approximate surface area is 159 Å². The first-order valence-electron chi connectivity index (χ1n) is 9.37. The summed E-state index contributed by atoms with van der Waals surface area (Å²) < 4.78 is 0. The second-order valence-electron chi connectivity index (χ2n) is 7.07. The van der Waals surface area contributed by atoms with Crippen LogP contribution in [0, 0.1) is 0 Å². The largest absolute Gasteiger partial charge is 0.481 e. The van der Waals surface area contributed by atoms with Crippen molar-refractivity contribution in [3.8, 4) is 0 Å². The van der Waals surface area contributed by atoms with Gasteiger partial charge in [-0.3, -0.25) is 9.59 Å². The molecule has 4 heteroatoms. The van der Waals surface area contributed by atoms with Gasteiger partial charge in [-0.15, -0.1) is 0 Å². The molecule has 1 fully saturated rings. The Kier molecular flexibility index (Phi) is 6.07. The van der Waals surface area contributed by atoms with Gasteiger partial charge < -0.3 is 10.2 Å². The summed E-state index contributed by atoms with van der Waals surface area (Å²) in [4.78, 5) is 21.8. The monoisotopic (exact) mass is 364 g/mol. The van der Waals surface area contributed by atoms with Crippen molar-refractivity contribution in [1.82, 2.24) is 0 Å². The maximum absolute atomic E-state index is 10.9. The molecule has 140 valence electrons. The third kappa shape index (κ3) is 5.07. The van der Waals surface area contributed by atoms with Crippen molar-refractivity contribution in [3.63, 3.8) is 0 Å². The number of carbonyl (C=O) groups is 2. The minimum absolute atomic E-state index is 0.0239. The van der Waals surface area contributed by atoms with Crippen LogP contribution >= 0.6 is 0 Å². The van der Waals surface area contributed by atoms with Crippen molar-refractivity contribution in [1.29, 1.82) is 0 Å². The lowest BCUT2D eigenvalue weighted by molar-refractivity contribution is -0.137. The van der Waals surface area contributed by atoms with E-state index in [9.17, 15) is 9.59 Å². The number of rotatable bonds is 6. The summed E-state index contributed by atoms with van der Waals surface area (Å²) in [7, 11) is 0. The maximum Gasteiger partial charge on any atom is 0.307 e. The van der Waals surface area contributed by atoms with E-state index in [0.717, 1.165) is 35.1 Å². The minimum atomic E-state index is -0.831. The Morgan fingerprint density at radius 3 is 1.44 bits per heavy atom. The zero-order valence-corrected chi connectivity index (χ0v) is 15.3. The van der Waals surface area contributed by atoms with Crippen LogP contribution in [0.3, 0.4) is 0 Å². The molecule has 0 heterocycles. The van der Waals surface area contributed by atoms with Gasteiger partial charge in [-0.2, -0.15) is 0 Å². The van der Waals surface area contributed by atoms with Gasteiger partial charge in [0.15, 0.2) is 0 Å². The Morgan fingerprint density at radius 1 is 0.667 bits per heavy atom. The highest BCUT2D eigenvalue weighted by Gasteiger charge is 2.15. The van der Waals surface area contributed by atoms with Gasteiger partial charge >= 0.3 is 11.9 Å². The Morgan fingerprint density at radius 2 is 1.07 bits per heavy atom. The van der Waals surface area contributed by atoms with Crippen molar-refractivity contribution in [3.05, 3.63) is 76.4 Å². The van der Waals surface area contributed by atoms with E-state index < -0.39 is 11.9 Å². The first-order valence-corrected chi connectivity index (χ1v) is 9.37. The van der Waals surface area contributed by atoms with Crippen LogP contribution in [0.1, 0.15) is 54.4 Å². The second kappa shape index (κ2) is 8.67. The van der Waals surface area contributed by atoms with E-state index in [2.05, 4.69) is 0 Å². The van der Waals surface area contributed by atoms with Crippen LogP contribution in [0.2, 0.25) is 0 Å². The van der Waals surface area contributed by atoms with Gasteiger partial charge in [0.05, 0.1) is 12.8 Å². The highest BCUT2D eigenvalue weighted by Crippen LogP contribution is 2.35. The third-order valence-electron chi connectivity index (χ3n) is 5.01. The Hall–Kier alpha value is -2.88. The topological polar surface area (TPSA) is 74.6 Å². The minimum Gasteiger partial charge on any atom is -0.481 e. The number of benzene rings is 2. The van der Waals surface area contributed by atoms with Crippen LogP contribution in [-0.2, 0) is 22.4 Å². The molecule has 0 radical (unpaired) electrons. The molecule has 0 saturated heterocycles. The molecule has 0 spiro atoms. The quantitative estimate of drug-likeness (QED) is 0.779. The van der Waals surface area contributed by atoms with Crippen molar-refractivity contribution in [2.45, 2.75) is 44.9 Å². The molecular weight excluding hydrogens is 340 g/mol. The molecular formula is C23H24O4. The molecule has 1 aliphatic rings. The number of aliphatic carboxylic acids is 2. The second-order valence-corrected chi connectivity index (χ2v) is 7.07. The SMILES string of the molecule is O=C(O)Cc1ccc(C(=C2CCCCC2)c2ccc(CC(=O)O)cc2)cc1. The van der Waals surface area contributed by atoms with Crippen molar-refractivity contribution < 1.29 is 19.8 Å². The van der Waals surface area contributed by atoms with E-state index >= 15 is 0 Å². The van der Waals surface area contributed by atoms with Crippen molar-refractivity contribution in [2.75, 3.05) is 0 Å². The lowest BCUT2D eigenvalue weighted by Crippen LogP contribution is -2.03. The maximum atomic E-state index is 10.9. The number of carboxylic acid groups (broad SMARTS) is 2. The van der Waals surface area contributed by atoms with E-state index in [0.29, 0.717) is 0 Å². The van der Waals surface area contributed by atoms with Crippen LogP contribution in [0.25, 0.3) is 5.57 Å². The molecule has 0 aromatic heterocycles. The molecule has 27 heavy (non-hydrogen) atoms. The van der Waals surface area contributed by atoms with Gasteiger partial charge in [0, 0.05) is 0 Å². The molecule has 1 saturated carbocycles. The number of hydrogen-bond donors (Lipinski definition) is 2. The first kappa shape index (κ1) is 18.9. The molecule has 0 atom stereocenters. The average molecular weight is 364 g/mol. The number of carboxylic acids is 2. The van der Waals surface area contributed by atoms with Gasteiger partial charge in [0.1, 0.15) is 0 Å². The van der Waals surface area contributed by atoms with Gasteiger partial charge in [-0.1, -0.05) is 60.5 Å². The molecule has 4 nitrogen and oxygen atoms in total. The summed E-state index contributed by atoms with van der Waals surface area (Å²) >= 11 is 0. The number of allylic oxidation sites excluding steroid dienone is 1. The summed E-state index contributed by atoms with van der Waals surface area (Å²) in [5.74, 6) is -1.66. The van der Waals surface area contributed by atoms with E-state index in [1.165, 1.54) is 30.4 Å². The average Bonchev–Trinajstić information content (AvgIpc) is 2.65. The van der Waals surface area contributed by atoms with Crippen LogP contribution in [0.15, 0.2) is 54.1 Å². The zero-order chi connectivity index (χ0) is 19.2. The fourth-order valence-corrected chi connectivity index (χ4v) is 3.73. The molecule has 2 aromatic carbocycles. The van der Waals surface area contributed by atoms with Crippen molar-refractivity contribution in [2.24, 2.45) is 0 Å². The summed E-state index contributed by atoms with van der Waals surface area (Å²) in [5.41, 5.74) is 6.39. The fraction of sp³-hybridized carbons (Fsp3) is 0.304. The van der Waals surface area contributed by atoms with Crippen LogP contribution < -0.4 is 0 Å². The summed E-state index contributed by atoms with van der Waals surface area (Å²) in [6, 6.07) is 15.5. The normalized spacial score (nSPS) is 14.0. The lowest BCUT2D eigenvalue weighted by Gasteiger charge is -2.21. The highest BCUT2D eigenvalue weighted by molar-refractivity contribution is 5.83. The molecule has 0 unspecified atom stereocenters. The smallest absolute Gasteiger partial charge is 0.307 e. The highest BCUT2D eigenvalue weighted by atomic mass is 16.4. The molecule has 2 aromatic rings. The molecule has 2 N–H and O–H groups in total. The van der Waals surface area contributed by atoms with Gasteiger partial charge in [0.25, 0.3) is 0 Å². The van der Waals surface area contributed by atoms with Crippen LogP contribution in [-0.4, -0.2) is 22.2 Å². The molecule has 3 rings (SSSR count). The van der Waals surface area contributed by atoms with Gasteiger partial charge in [-0.25, -0.2) is 0 Å². The Bertz CT molecular complexity index is 775. The summed E-state index contributed by atoms with van der Waals surface area (Å²) in [5, 5.41) is 17.9. The first-order chi connectivity index (χ1) is 13.0. The molecule has 0 amide bonds. The predicted octanol–water partition coefficient (Wildman–Crippen LogP) is 4.71. The van der Waals surface area contributed by atoms with E-state index in [1.54, 1.807) is 0 Å². The summed E-state index contributed by atoms with van der Waals surface area (Å²) in [6.07, 6.45) is 5.82. The van der Waals surface area contributed by atoms with Crippen LogP contribution in [0.4, 0.5) is 0 Å². The van der Waals surface area contributed by atoms with Crippen molar-refractivity contribution >= 4 is 17.5 Å². The molecule has 0 aliphatic heterocycles. The Balaban J connectivity index is 1.97. The zero-order valence-electron chi connectivity index (χ0n) is 15.3. The number of hydrogen-bond acceptors (Lipinski definition) is 2. The molecule has 1 aliphatic carbocycles. The lowest BCUT2D eigenvalue weighted by atomic mass is 9.84. The van der Waals surface area contributed by atoms with E-state index in [4.69, 9.17) is 10.2 Å². The third-order valence-corrected chi connectivity index (χ3v) is 5.01. The molecule has 0 bridgehead atoms. The van der Waals surface area contributed by atoms with Gasteiger partial charge in [-0.05, 0) is 53.5 Å². The van der Waals surface area contributed by atoms with E-state index in [-0.39, 0.29) is 12.8 Å². The summed E-state index contributed by atoms with van der Waals surface area (Å²) in [6.45, 7) is 0. The standard InChI is InChI=1S/C23H24O4/c24-21(25)14-16-6-10-19(11-7-16)23(18-4-2-1-3-5-18)20-12-8-17(9-13-20)15-22(26)27/h6-13H,1-5,14-15H2,(H,24,25)(H,26,27).